The zero-order chi connectivity index (χ0) is 10.6. The van der Waals surface area contributed by atoms with Crippen LogP contribution in [0.4, 0.5) is 0 Å². The normalized spacial score (nSPS) is 12.5. The average Bonchev–Trinajstić information content (AvgIpc) is 2.16. The second kappa shape index (κ2) is 5.68. The Kier molecular flexibility index (Phi) is 4.84. The molecule has 4 heteroatoms. The topological polar surface area (TPSA) is 29.1 Å². The number of nitrogens with one attached hydrogen (secondary N) is 1. The van der Waals surface area contributed by atoms with Crippen molar-refractivity contribution in [2.45, 2.75) is 12.5 Å². The Morgan fingerprint density at radius 3 is 2.50 bits per heavy atom. The van der Waals surface area contributed by atoms with Crippen molar-refractivity contribution in [1.29, 1.82) is 0 Å². The van der Waals surface area contributed by atoms with Gasteiger partial charge in [0.05, 0.1) is 6.04 Å². The number of hydrogen-bond donors (Lipinski definition) is 1. The van der Waals surface area contributed by atoms with Crippen molar-refractivity contribution >= 4 is 38.0 Å². The summed E-state index contributed by atoms with van der Waals surface area (Å²) in [6.07, 6.45) is 0.704. The molecule has 0 amide bonds. The molecule has 0 aliphatic heterocycles. The van der Waals surface area contributed by atoms with E-state index in [1.165, 1.54) is 0 Å². The van der Waals surface area contributed by atoms with E-state index < -0.39 is 0 Å². The van der Waals surface area contributed by atoms with Crippen molar-refractivity contribution in [3.05, 3.63) is 34.9 Å². The Labute approximate surface area is 102 Å². The number of rotatable bonds is 4. The monoisotopic (exact) mass is 323 g/mol. The zero-order valence-corrected chi connectivity index (χ0v) is 10.7. The highest BCUT2D eigenvalue weighted by Gasteiger charge is 2.13. The molecule has 0 aliphatic carbocycles. The first kappa shape index (κ1) is 11.9. The Bertz CT molecular complexity index is 312. The summed E-state index contributed by atoms with van der Waals surface area (Å²) in [7, 11) is 1.79. The molecule has 0 aromatic heterocycles. The van der Waals surface area contributed by atoms with Gasteiger partial charge in [0.1, 0.15) is 0 Å². The second-order valence-electron chi connectivity index (χ2n) is 2.98. The Hall–Kier alpha value is -0.130. The molecule has 0 saturated carbocycles. The predicted molar refractivity (Wildman–Crippen MR) is 67.0 cm³/mol. The van der Waals surface area contributed by atoms with Gasteiger partial charge in [-0.15, -0.1) is 0 Å². The molecule has 0 heterocycles. The second-order valence-corrected chi connectivity index (χ2v) is 4.48. The van der Waals surface area contributed by atoms with Crippen LogP contribution in [0.2, 0.25) is 5.02 Å². The van der Waals surface area contributed by atoms with E-state index in [2.05, 4.69) is 5.32 Å². The largest absolute Gasteiger partial charge is 0.310 e. The number of carbonyl (C=O) groups excluding carboxylic acids is 1. The van der Waals surface area contributed by atoms with Gasteiger partial charge >= 0.3 is 0 Å². The molecule has 0 saturated heterocycles. The van der Waals surface area contributed by atoms with Crippen LogP contribution in [0.25, 0.3) is 0 Å². The standard InChI is InChI=1S/C10H11ClINO/c1-13-9(10(12)14)6-7-2-4-8(11)5-3-7/h2-5,9,13H,6H2,1H3/t9-/m1/s1. The predicted octanol–water partition coefficient (Wildman–Crippen LogP) is 2.43. The summed E-state index contributed by atoms with van der Waals surface area (Å²) in [4.78, 5) is 11.1. The highest BCUT2D eigenvalue weighted by molar-refractivity contribution is 14.1. The van der Waals surface area contributed by atoms with Gasteiger partial charge in [0.15, 0.2) is 0 Å². The van der Waals surface area contributed by atoms with Gasteiger partial charge in [-0.1, -0.05) is 23.7 Å². The molecule has 0 fully saturated rings. The lowest BCUT2D eigenvalue weighted by molar-refractivity contribution is -0.111. The maximum Gasteiger partial charge on any atom is 0.209 e. The quantitative estimate of drug-likeness (QED) is 0.681. The zero-order valence-electron chi connectivity index (χ0n) is 7.76. The van der Waals surface area contributed by atoms with Gasteiger partial charge in [0.2, 0.25) is 3.79 Å². The minimum Gasteiger partial charge on any atom is -0.310 e. The van der Waals surface area contributed by atoms with E-state index in [0.29, 0.717) is 6.42 Å². The number of likely N-dealkylation sites (N-methyl/N-ethyl adjacent to an activating group) is 1. The number of carbonyl (C=O) groups is 1. The Morgan fingerprint density at radius 1 is 1.50 bits per heavy atom. The third-order valence-electron chi connectivity index (χ3n) is 1.98. The lowest BCUT2D eigenvalue weighted by Gasteiger charge is -2.11. The SMILES string of the molecule is CN[C@H](Cc1ccc(Cl)cc1)C(=O)I. The molecule has 0 bridgehead atoms. The summed E-state index contributed by atoms with van der Waals surface area (Å²) in [5, 5.41) is 3.69. The van der Waals surface area contributed by atoms with E-state index in [9.17, 15) is 4.79 Å². The molecule has 0 spiro atoms. The summed E-state index contributed by atoms with van der Waals surface area (Å²) in [5.41, 5.74) is 1.11. The molecule has 1 aromatic rings. The third kappa shape index (κ3) is 3.55. The maximum atomic E-state index is 11.1. The maximum absolute atomic E-state index is 11.1. The highest BCUT2D eigenvalue weighted by atomic mass is 127. The van der Waals surface area contributed by atoms with Gasteiger partial charge in [-0.05, 0) is 31.2 Å². The molecule has 2 nitrogen and oxygen atoms in total. The molecule has 1 N–H and O–H groups in total. The first-order chi connectivity index (χ1) is 6.63. The van der Waals surface area contributed by atoms with Crippen molar-refractivity contribution in [1.82, 2.24) is 5.32 Å². The molecule has 0 unspecified atom stereocenters. The van der Waals surface area contributed by atoms with Gasteiger partial charge in [-0.25, -0.2) is 0 Å². The molecular formula is C10H11ClINO. The number of halogens is 2. The van der Waals surface area contributed by atoms with E-state index in [4.69, 9.17) is 11.6 Å². The van der Waals surface area contributed by atoms with Crippen molar-refractivity contribution in [3.8, 4) is 0 Å². The van der Waals surface area contributed by atoms with Gasteiger partial charge in [-0.2, -0.15) is 0 Å². The van der Waals surface area contributed by atoms with Crippen LogP contribution >= 0.6 is 34.2 Å². The highest BCUT2D eigenvalue weighted by Crippen LogP contribution is 2.12. The average molecular weight is 324 g/mol. The van der Waals surface area contributed by atoms with Crippen LogP contribution in [-0.4, -0.2) is 16.9 Å². The van der Waals surface area contributed by atoms with Crippen LogP contribution in [0.1, 0.15) is 5.56 Å². The molecular weight excluding hydrogens is 312 g/mol. The summed E-state index contributed by atoms with van der Waals surface area (Å²) < 4.78 is 0.125. The molecule has 1 rings (SSSR count). The molecule has 0 radical (unpaired) electrons. The Morgan fingerprint density at radius 2 is 2.07 bits per heavy atom. The number of hydrogen-bond acceptors (Lipinski definition) is 2. The smallest absolute Gasteiger partial charge is 0.209 e. The van der Waals surface area contributed by atoms with Crippen LogP contribution in [-0.2, 0) is 11.2 Å². The minimum atomic E-state index is -0.114. The van der Waals surface area contributed by atoms with Crippen molar-refractivity contribution < 1.29 is 4.79 Å². The van der Waals surface area contributed by atoms with E-state index in [1.54, 1.807) is 7.05 Å². The lowest BCUT2D eigenvalue weighted by Crippen LogP contribution is -2.32. The fourth-order valence-corrected chi connectivity index (χ4v) is 1.81. The number of benzene rings is 1. The van der Waals surface area contributed by atoms with E-state index in [1.807, 2.05) is 46.9 Å². The summed E-state index contributed by atoms with van der Waals surface area (Å²) in [6, 6.07) is 7.43. The fourth-order valence-electron chi connectivity index (χ4n) is 1.15. The first-order valence-electron chi connectivity index (χ1n) is 4.24. The van der Waals surface area contributed by atoms with Gasteiger partial charge in [0.25, 0.3) is 0 Å². The van der Waals surface area contributed by atoms with Gasteiger partial charge in [-0.3, -0.25) is 4.79 Å². The molecule has 1 aromatic carbocycles. The van der Waals surface area contributed by atoms with Crippen LogP contribution in [0.3, 0.4) is 0 Å². The van der Waals surface area contributed by atoms with Gasteiger partial charge in [0, 0.05) is 27.6 Å². The van der Waals surface area contributed by atoms with Crippen LogP contribution in [0.15, 0.2) is 24.3 Å². The fraction of sp³-hybridized carbons (Fsp3) is 0.300. The van der Waals surface area contributed by atoms with Crippen molar-refractivity contribution in [3.63, 3.8) is 0 Å². The molecule has 76 valence electrons. The first-order valence-corrected chi connectivity index (χ1v) is 5.70. The lowest BCUT2D eigenvalue weighted by atomic mass is 10.1. The minimum absolute atomic E-state index is 0.114. The molecule has 1 atom stereocenters. The summed E-state index contributed by atoms with van der Waals surface area (Å²) >= 11 is 7.57. The van der Waals surface area contributed by atoms with E-state index in [-0.39, 0.29) is 9.83 Å². The van der Waals surface area contributed by atoms with E-state index in [0.717, 1.165) is 10.6 Å². The van der Waals surface area contributed by atoms with Crippen molar-refractivity contribution in [2.24, 2.45) is 0 Å². The van der Waals surface area contributed by atoms with E-state index >= 15 is 0 Å². The summed E-state index contributed by atoms with van der Waals surface area (Å²) in [6.45, 7) is 0. The van der Waals surface area contributed by atoms with Crippen molar-refractivity contribution in [2.75, 3.05) is 7.05 Å². The molecule has 14 heavy (non-hydrogen) atoms. The Balaban J connectivity index is 2.67. The van der Waals surface area contributed by atoms with Crippen LogP contribution in [0, 0.1) is 0 Å². The van der Waals surface area contributed by atoms with Crippen LogP contribution < -0.4 is 5.32 Å². The van der Waals surface area contributed by atoms with Gasteiger partial charge < -0.3 is 5.32 Å². The summed E-state index contributed by atoms with van der Waals surface area (Å²) in [5.74, 6) is 0. The molecule has 0 aliphatic rings. The third-order valence-corrected chi connectivity index (χ3v) is 2.98. The van der Waals surface area contributed by atoms with Crippen LogP contribution in [0.5, 0.6) is 0 Å².